The van der Waals surface area contributed by atoms with Crippen molar-refractivity contribution in [3.8, 4) is 0 Å². The van der Waals surface area contributed by atoms with Crippen molar-refractivity contribution < 1.29 is 0 Å². The summed E-state index contributed by atoms with van der Waals surface area (Å²) in [4.78, 5) is 19.1. The topological polar surface area (TPSA) is 71.8 Å². The maximum absolute atomic E-state index is 11.1. The number of nitrogens with one attached hydrogen (secondary N) is 1. The van der Waals surface area contributed by atoms with Crippen LogP contribution in [0.5, 0.6) is 0 Å². The first-order valence-corrected chi connectivity index (χ1v) is 6.51. The zero-order valence-corrected chi connectivity index (χ0v) is 10.1. The van der Waals surface area contributed by atoms with Crippen LogP contribution in [-0.2, 0) is 0 Å². The summed E-state index contributed by atoms with van der Waals surface area (Å²) in [5.41, 5.74) is 5.58. The van der Waals surface area contributed by atoms with Gasteiger partial charge >= 0.3 is 0 Å². The van der Waals surface area contributed by atoms with Crippen molar-refractivity contribution in [3.05, 3.63) is 45.0 Å². The number of rotatable bonds is 4. The molecule has 0 saturated heterocycles. The highest BCUT2D eigenvalue weighted by Gasteiger charge is 2.13. The Labute approximate surface area is 101 Å². The molecule has 1 unspecified atom stereocenters. The molecule has 0 spiro atoms. The molecule has 0 aromatic carbocycles. The van der Waals surface area contributed by atoms with E-state index < -0.39 is 0 Å². The van der Waals surface area contributed by atoms with Crippen molar-refractivity contribution in [2.24, 2.45) is 5.73 Å². The van der Waals surface area contributed by atoms with E-state index in [-0.39, 0.29) is 10.8 Å². The minimum Gasteiger partial charge on any atom is -0.329 e. The van der Waals surface area contributed by atoms with E-state index in [1.807, 2.05) is 17.5 Å². The van der Waals surface area contributed by atoms with Gasteiger partial charge in [-0.3, -0.25) is 4.79 Å². The van der Waals surface area contributed by atoms with Gasteiger partial charge in [0.05, 0.1) is 5.25 Å². The van der Waals surface area contributed by atoms with Crippen molar-refractivity contribution in [2.75, 3.05) is 6.54 Å². The smallest absolute Gasteiger partial charge is 0.251 e. The van der Waals surface area contributed by atoms with Crippen molar-refractivity contribution in [2.45, 2.75) is 10.4 Å². The number of thioether (sulfide) groups is 1. The van der Waals surface area contributed by atoms with Gasteiger partial charge < -0.3 is 10.7 Å². The van der Waals surface area contributed by atoms with E-state index in [9.17, 15) is 4.79 Å². The van der Waals surface area contributed by atoms with Gasteiger partial charge in [-0.15, -0.1) is 11.3 Å². The summed E-state index contributed by atoms with van der Waals surface area (Å²) in [5.74, 6) is 0. The van der Waals surface area contributed by atoms with Gasteiger partial charge in [0.2, 0.25) is 0 Å². The van der Waals surface area contributed by atoms with Gasteiger partial charge in [-0.2, -0.15) is 0 Å². The molecule has 6 heteroatoms. The third-order valence-corrected chi connectivity index (χ3v) is 4.27. The monoisotopic (exact) mass is 253 g/mol. The molecule has 16 heavy (non-hydrogen) atoms. The molecule has 4 nitrogen and oxygen atoms in total. The van der Waals surface area contributed by atoms with Crippen LogP contribution in [0, 0.1) is 0 Å². The van der Waals surface area contributed by atoms with Crippen LogP contribution in [0.25, 0.3) is 0 Å². The zero-order valence-electron chi connectivity index (χ0n) is 8.42. The number of H-pyrrole nitrogens is 1. The minimum atomic E-state index is -0.139. The molecule has 0 fully saturated rings. The SMILES string of the molecule is NCC(Sc1nccc(=O)[nH]1)c1cccs1. The first-order valence-electron chi connectivity index (χ1n) is 4.75. The van der Waals surface area contributed by atoms with E-state index in [1.165, 1.54) is 28.9 Å². The molecule has 2 aromatic rings. The zero-order chi connectivity index (χ0) is 11.4. The molecule has 0 aliphatic rings. The molecule has 0 radical (unpaired) electrons. The summed E-state index contributed by atoms with van der Waals surface area (Å²) in [6.07, 6.45) is 1.50. The number of thiophene rings is 1. The normalized spacial score (nSPS) is 12.6. The first-order chi connectivity index (χ1) is 7.79. The molecule has 0 amide bonds. The van der Waals surface area contributed by atoms with Crippen LogP contribution in [0.15, 0.2) is 39.7 Å². The Balaban J connectivity index is 2.16. The Hall–Kier alpha value is -1.11. The van der Waals surface area contributed by atoms with Crippen LogP contribution < -0.4 is 11.3 Å². The molecule has 2 rings (SSSR count). The van der Waals surface area contributed by atoms with Gasteiger partial charge in [0.1, 0.15) is 0 Å². The molecule has 0 aliphatic heterocycles. The lowest BCUT2D eigenvalue weighted by molar-refractivity contribution is 0.905. The average molecular weight is 253 g/mol. The molecule has 0 saturated carbocycles. The fourth-order valence-electron chi connectivity index (χ4n) is 1.24. The molecule has 0 aliphatic carbocycles. The molecule has 2 aromatic heterocycles. The van der Waals surface area contributed by atoms with Crippen LogP contribution in [0.1, 0.15) is 10.1 Å². The number of hydrogen-bond donors (Lipinski definition) is 2. The van der Waals surface area contributed by atoms with Gasteiger partial charge in [0.25, 0.3) is 5.56 Å². The quantitative estimate of drug-likeness (QED) is 0.641. The van der Waals surface area contributed by atoms with E-state index in [0.29, 0.717) is 11.7 Å². The van der Waals surface area contributed by atoms with E-state index in [4.69, 9.17) is 5.73 Å². The molecular formula is C10H11N3OS2. The Morgan fingerprint density at radius 1 is 1.56 bits per heavy atom. The average Bonchev–Trinajstić information content (AvgIpc) is 2.79. The lowest BCUT2D eigenvalue weighted by atomic mass is 10.3. The predicted molar refractivity (Wildman–Crippen MR) is 66.8 cm³/mol. The Morgan fingerprint density at radius 2 is 2.44 bits per heavy atom. The highest BCUT2D eigenvalue weighted by Crippen LogP contribution is 2.34. The summed E-state index contributed by atoms with van der Waals surface area (Å²) in [6, 6.07) is 5.42. The minimum absolute atomic E-state index is 0.139. The van der Waals surface area contributed by atoms with E-state index >= 15 is 0 Å². The van der Waals surface area contributed by atoms with Gasteiger partial charge in [-0.05, 0) is 11.4 Å². The molecule has 1 atom stereocenters. The number of hydrogen-bond acceptors (Lipinski definition) is 5. The maximum atomic E-state index is 11.1. The maximum Gasteiger partial charge on any atom is 0.251 e. The Bertz CT molecular complexity index is 495. The van der Waals surface area contributed by atoms with Crippen LogP contribution in [0.4, 0.5) is 0 Å². The fourth-order valence-corrected chi connectivity index (χ4v) is 3.12. The second-order valence-electron chi connectivity index (χ2n) is 3.10. The second kappa shape index (κ2) is 5.29. The number of nitrogens with two attached hydrogens (primary N) is 1. The van der Waals surface area contributed by atoms with Gasteiger partial charge in [-0.25, -0.2) is 4.98 Å². The Morgan fingerprint density at radius 3 is 3.06 bits per heavy atom. The highest BCUT2D eigenvalue weighted by molar-refractivity contribution is 7.99. The summed E-state index contributed by atoms with van der Waals surface area (Å²) in [7, 11) is 0. The number of aromatic nitrogens is 2. The van der Waals surface area contributed by atoms with E-state index in [1.54, 1.807) is 11.3 Å². The number of aromatic amines is 1. The second-order valence-corrected chi connectivity index (χ2v) is 5.27. The van der Waals surface area contributed by atoms with Crippen molar-refractivity contribution in [1.82, 2.24) is 9.97 Å². The highest BCUT2D eigenvalue weighted by atomic mass is 32.2. The fraction of sp³-hybridized carbons (Fsp3) is 0.200. The van der Waals surface area contributed by atoms with Crippen molar-refractivity contribution in [3.63, 3.8) is 0 Å². The van der Waals surface area contributed by atoms with Gasteiger partial charge in [0, 0.05) is 23.7 Å². The van der Waals surface area contributed by atoms with Crippen LogP contribution in [0.2, 0.25) is 0 Å². The van der Waals surface area contributed by atoms with Crippen molar-refractivity contribution in [1.29, 1.82) is 0 Å². The van der Waals surface area contributed by atoms with Gasteiger partial charge in [0.15, 0.2) is 5.16 Å². The summed E-state index contributed by atoms with van der Waals surface area (Å²) >= 11 is 3.14. The summed E-state index contributed by atoms with van der Waals surface area (Å²) in [6.45, 7) is 0.518. The van der Waals surface area contributed by atoms with Crippen LogP contribution >= 0.6 is 23.1 Å². The standard InChI is InChI=1S/C10H11N3OS2/c11-6-8(7-2-1-5-15-7)16-10-12-4-3-9(14)13-10/h1-5,8H,6,11H2,(H,12,13,14). The van der Waals surface area contributed by atoms with Crippen LogP contribution in [-0.4, -0.2) is 16.5 Å². The third kappa shape index (κ3) is 2.72. The molecular weight excluding hydrogens is 242 g/mol. The lowest BCUT2D eigenvalue weighted by Gasteiger charge is -2.10. The van der Waals surface area contributed by atoms with Crippen molar-refractivity contribution >= 4 is 23.1 Å². The molecule has 2 heterocycles. The predicted octanol–water partition coefficient (Wildman–Crippen LogP) is 1.62. The van der Waals surface area contributed by atoms with Gasteiger partial charge in [-0.1, -0.05) is 17.8 Å². The third-order valence-electron chi connectivity index (χ3n) is 1.98. The van der Waals surface area contributed by atoms with E-state index in [0.717, 1.165) is 0 Å². The van der Waals surface area contributed by atoms with E-state index in [2.05, 4.69) is 9.97 Å². The molecule has 0 bridgehead atoms. The number of nitrogens with zero attached hydrogens (tertiary/aromatic N) is 1. The Kier molecular flexibility index (Phi) is 3.76. The summed E-state index contributed by atoms with van der Waals surface area (Å²) in [5, 5.41) is 2.77. The molecule has 3 N–H and O–H groups in total. The van der Waals surface area contributed by atoms with Crippen LogP contribution in [0.3, 0.4) is 0 Å². The largest absolute Gasteiger partial charge is 0.329 e. The first kappa shape index (κ1) is 11.4. The molecule has 84 valence electrons. The summed E-state index contributed by atoms with van der Waals surface area (Å²) < 4.78 is 0. The lowest BCUT2D eigenvalue weighted by Crippen LogP contribution is -2.11.